The zero-order chi connectivity index (χ0) is 19.3. The molecule has 1 fully saturated rings. The largest absolute Gasteiger partial charge is 0.459 e. The molecular formula is C20H19ClN4O3. The van der Waals surface area contributed by atoms with Crippen LogP contribution in [-0.2, 0) is 4.74 Å². The second-order valence-electron chi connectivity index (χ2n) is 6.35. The summed E-state index contributed by atoms with van der Waals surface area (Å²) in [5.41, 5.74) is 1.20. The van der Waals surface area contributed by atoms with Gasteiger partial charge in [-0.15, -0.1) is 0 Å². The average Bonchev–Trinajstić information content (AvgIpc) is 3.40. The molecule has 0 aliphatic carbocycles. The van der Waals surface area contributed by atoms with Gasteiger partial charge in [0.2, 0.25) is 11.6 Å². The molecule has 0 bridgehead atoms. The van der Waals surface area contributed by atoms with Gasteiger partial charge in [-0.3, -0.25) is 4.90 Å². The van der Waals surface area contributed by atoms with E-state index >= 15 is 0 Å². The Balaban J connectivity index is 1.58. The number of rotatable bonds is 6. The fourth-order valence-electron chi connectivity index (χ4n) is 3.28. The predicted octanol–water partition coefficient (Wildman–Crippen LogP) is 3.95. The van der Waals surface area contributed by atoms with Gasteiger partial charge in [0, 0.05) is 24.7 Å². The molecule has 3 aromatic rings. The number of benzene rings is 1. The van der Waals surface area contributed by atoms with Crippen LogP contribution in [0.15, 0.2) is 51.5 Å². The first-order valence-corrected chi connectivity index (χ1v) is 9.39. The highest BCUT2D eigenvalue weighted by Gasteiger charge is 2.25. The van der Waals surface area contributed by atoms with Gasteiger partial charge < -0.3 is 18.9 Å². The molecule has 1 aromatic carbocycles. The number of halogens is 1. The van der Waals surface area contributed by atoms with E-state index in [0.29, 0.717) is 36.4 Å². The van der Waals surface area contributed by atoms with Crippen molar-refractivity contribution in [2.75, 3.05) is 38.2 Å². The molecule has 1 aliphatic heterocycles. The van der Waals surface area contributed by atoms with E-state index in [1.54, 1.807) is 12.1 Å². The molecular weight excluding hydrogens is 380 g/mol. The number of nitrogens with zero attached hydrogens (tertiary/aromatic N) is 3. The van der Waals surface area contributed by atoms with Crippen molar-refractivity contribution >= 4 is 17.5 Å². The molecule has 0 radical (unpaired) electrons. The Labute approximate surface area is 167 Å². The van der Waals surface area contributed by atoms with E-state index in [2.05, 4.69) is 21.3 Å². The van der Waals surface area contributed by atoms with E-state index in [1.165, 1.54) is 6.26 Å². The standard InChI is InChI=1S/C20H19ClN4O3/c21-15-5-2-1-4-14(15)17(25-7-10-26-11-8-25)13-23-19-16(12-22)24-20(28-19)18-6-3-9-27-18/h1-6,9,17,23H,7-8,10-11,13H2. The van der Waals surface area contributed by atoms with Crippen LogP contribution in [0.25, 0.3) is 11.7 Å². The third-order valence-corrected chi connectivity index (χ3v) is 5.02. The van der Waals surface area contributed by atoms with Crippen molar-refractivity contribution in [2.45, 2.75) is 6.04 Å². The van der Waals surface area contributed by atoms with Gasteiger partial charge in [-0.1, -0.05) is 29.8 Å². The van der Waals surface area contributed by atoms with Crippen LogP contribution < -0.4 is 5.32 Å². The number of nitrogens with one attached hydrogen (secondary N) is 1. The Hall–Kier alpha value is -2.79. The number of ether oxygens (including phenoxy) is 1. The molecule has 1 saturated heterocycles. The first-order chi connectivity index (χ1) is 13.8. The summed E-state index contributed by atoms with van der Waals surface area (Å²) in [4.78, 5) is 6.52. The maximum absolute atomic E-state index is 9.41. The highest BCUT2D eigenvalue weighted by atomic mass is 35.5. The van der Waals surface area contributed by atoms with Crippen molar-refractivity contribution in [1.29, 1.82) is 5.26 Å². The molecule has 7 nitrogen and oxygen atoms in total. The third-order valence-electron chi connectivity index (χ3n) is 4.67. The maximum atomic E-state index is 9.41. The molecule has 0 spiro atoms. The number of hydrogen-bond acceptors (Lipinski definition) is 7. The molecule has 0 amide bonds. The molecule has 2 aromatic heterocycles. The zero-order valence-corrected chi connectivity index (χ0v) is 15.9. The lowest BCUT2D eigenvalue weighted by molar-refractivity contribution is 0.0186. The zero-order valence-electron chi connectivity index (χ0n) is 15.1. The molecule has 3 heterocycles. The van der Waals surface area contributed by atoms with Gasteiger partial charge in [0.05, 0.1) is 25.5 Å². The fraction of sp³-hybridized carbons (Fsp3) is 0.300. The summed E-state index contributed by atoms with van der Waals surface area (Å²) in [6.07, 6.45) is 1.53. The number of anilines is 1. The molecule has 8 heteroatoms. The van der Waals surface area contributed by atoms with Gasteiger partial charge in [0.1, 0.15) is 6.07 Å². The second kappa shape index (κ2) is 8.48. The van der Waals surface area contributed by atoms with Crippen LogP contribution in [0, 0.1) is 11.3 Å². The number of aromatic nitrogens is 1. The molecule has 0 saturated carbocycles. The quantitative estimate of drug-likeness (QED) is 0.672. The highest BCUT2D eigenvalue weighted by molar-refractivity contribution is 6.31. The van der Waals surface area contributed by atoms with Crippen molar-refractivity contribution in [3.63, 3.8) is 0 Å². The molecule has 1 N–H and O–H groups in total. The summed E-state index contributed by atoms with van der Waals surface area (Å²) in [5, 5.41) is 13.4. The lowest BCUT2D eigenvalue weighted by Crippen LogP contribution is -2.41. The van der Waals surface area contributed by atoms with Gasteiger partial charge in [0.15, 0.2) is 5.76 Å². The second-order valence-corrected chi connectivity index (χ2v) is 6.76. The fourth-order valence-corrected chi connectivity index (χ4v) is 3.54. The maximum Gasteiger partial charge on any atom is 0.266 e. The normalized spacial score (nSPS) is 15.9. The Morgan fingerprint density at radius 2 is 2.04 bits per heavy atom. The minimum absolute atomic E-state index is 0.00121. The SMILES string of the molecule is N#Cc1nc(-c2ccco2)oc1NCC(c1ccccc1Cl)N1CCOCC1. The number of morpholine rings is 1. The first-order valence-electron chi connectivity index (χ1n) is 9.01. The summed E-state index contributed by atoms with van der Waals surface area (Å²) in [7, 11) is 0. The molecule has 144 valence electrons. The van der Waals surface area contributed by atoms with Crippen molar-refractivity contribution in [3.8, 4) is 17.7 Å². The Morgan fingerprint density at radius 3 is 2.75 bits per heavy atom. The van der Waals surface area contributed by atoms with E-state index in [-0.39, 0.29) is 17.6 Å². The summed E-state index contributed by atoms with van der Waals surface area (Å²) in [5.74, 6) is 1.06. The van der Waals surface area contributed by atoms with Crippen LogP contribution in [-0.4, -0.2) is 42.7 Å². The Morgan fingerprint density at radius 1 is 1.21 bits per heavy atom. The number of oxazole rings is 1. The van der Waals surface area contributed by atoms with E-state index < -0.39 is 0 Å². The Kier molecular flexibility index (Phi) is 5.63. The van der Waals surface area contributed by atoms with Crippen molar-refractivity contribution in [2.24, 2.45) is 0 Å². The van der Waals surface area contributed by atoms with Crippen LogP contribution in [0.5, 0.6) is 0 Å². The lowest BCUT2D eigenvalue weighted by Gasteiger charge is -2.35. The lowest BCUT2D eigenvalue weighted by atomic mass is 10.0. The van der Waals surface area contributed by atoms with Crippen molar-refractivity contribution in [3.05, 3.63) is 58.9 Å². The van der Waals surface area contributed by atoms with E-state index in [1.807, 2.05) is 24.3 Å². The van der Waals surface area contributed by atoms with Crippen LogP contribution >= 0.6 is 11.6 Å². The summed E-state index contributed by atoms with van der Waals surface area (Å²) >= 11 is 6.46. The van der Waals surface area contributed by atoms with Gasteiger partial charge in [-0.05, 0) is 23.8 Å². The van der Waals surface area contributed by atoms with Crippen molar-refractivity contribution in [1.82, 2.24) is 9.88 Å². The van der Waals surface area contributed by atoms with Gasteiger partial charge >= 0.3 is 0 Å². The smallest absolute Gasteiger partial charge is 0.266 e. The van der Waals surface area contributed by atoms with Crippen LogP contribution in [0.3, 0.4) is 0 Å². The minimum Gasteiger partial charge on any atom is -0.459 e. The summed E-state index contributed by atoms with van der Waals surface area (Å²) < 4.78 is 16.5. The molecule has 1 unspecified atom stereocenters. The average molecular weight is 399 g/mol. The first kappa shape index (κ1) is 18.6. The molecule has 1 atom stereocenters. The van der Waals surface area contributed by atoms with E-state index in [9.17, 15) is 5.26 Å². The number of furan rings is 1. The van der Waals surface area contributed by atoms with Crippen LogP contribution in [0.2, 0.25) is 5.02 Å². The Bertz CT molecular complexity index is 958. The topological polar surface area (TPSA) is 87.5 Å². The van der Waals surface area contributed by atoms with Gasteiger partial charge in [-0.25, -0.2) is 0 Å². The van der Waals surface area contributed by atoms with E-state index in [0.717, 1.165) is 18.7 Å². The van der Waals surface area contributed by atoms with Crippen LogP contribution in [0.1, 0.15) is 17.3 Å². The summed E-state index contributed by atoms with van der Waals surface area (Å²) in [6.45, 7) is 3.46. The number of hydrogen-bond donors (Lipinski definition) is 1. The van der Waals surface area contributed by atoms with Gasteiger partial charge in [-0.2, -0.15) is 10.2 Å². The van der Waals surface area contributed by atoms with E-state index in [4.69, 9.17) is 25.2 Å². The third kappa shape index (κ3) is 3.90. The van der Waals surface area contributed by atoms with Crippen LogP contribution in [0.4, 0.5) is 5.88 Å². The molecule has 28 heavy (non-hydrogen) atoms. The highest BCUT2D eigenvalue weighted by Crippen LogP contribution is 2.30. The number of nitriles is 1. The molecule has 1 aliphatic rings. The minimum atomic E-state index is 0.00121. The van der Waals surface area contributed by atoms with Gasteiger partial charge in [0.25, 0.3) is 5.89 Å². The predicted molar refractivity (Wildman–Crippen MR) is 104 cm³/mol. The monoisotopic (exact) mass is 398 g/mol. The summed E-state index contributed by atoms with van der Waals surface area (Å²) in [6, 6.07) is 13.3. The molecule has 4 rings (SSSR count). The van der Waals surface area contributed by atoms with Crippen molar-refractivity contribution < 1.29 is 13.6 Å².